The lowest BCUT2D eigenvalue weighted by Crippen LogP contribution is -2.46. The first-order chi connectivity index (χ1) is 11.7. The standard InChI is InChI=1S/C18H28N4O2/c1-3-22(4-2)18(24)16-7-5-15(6-8-16)17(23)20-11-14-21-12-9-19-10-13-21/h5-8,19H,3-4,9-14H2,1-2H3,(H,20,23). The quantitative estimate of drug-likeness (QED) is 0.775. The smallest absolute Gasteiger partial charge is 0.253 e. The van der Waals surface area contributed by atoms with Gasteiger partial charge in [-0.1, -0.05) is 0 Å². The van der Waals surface area contributed by atoms with Gasteiger partial charge >= 0.3 is 0 Å². The third kappa shape index (κ3) is 5.04. The Morgan fingerprint density at radius 3 is 2.25 bits per heavy atom. The van der Waals surface area contributed by atoms with Crippen molar-refractivity contribution in [2.24, 2.45) is 0 Å². The summed E-state index contributed by atoms with van der Waals surface area (Å²) in [6.07, 6.45) is 0. The third-order valence-electron chi connectivity index (χ3n) is 4.37. The predicted octanol–water partition coefficient (Wildman–Crippen LogP) is 0.804. The van der Waals surface area contributed by atoms with Crippen LogP contribution >= 0.6 is 0 Å². The molecule has 132 valence electrons. The van der Waals surface area contributed by atoms with E-state index in [1.807, 2.05) is 13.8 Å². The van der Waals surface area contributed by atoms with Gasteiger partial charge in [0.1, 0.15) is 0 Å². The second-order valence-corrected chi connectivity index (χ2v) is 5.90. The summed E-state index contributed by atoms with van der Waals surface area (Å²) in [7, 11) is 0. The Labute approximate surface area is 144 Å². The molecule has 2 rings (SSSR count). The van der Waals surface area contributed by atoms with Crippen LogP contribution in [0.2, 0.25) is 0 Å². The Bertz CT molecular complexity index is 534. The van der Waals surface area contributed by atoms with E-state index in [-0.39, 0.29) is 11.8 Å². The molecule has 1 aliphatic heterocycles. The monoisotopic (exact) mass is 332 g/mol. The molecule has 1 aliphatic rings. The fourth-order valence-electron chi connectivity index (χ4n) is 2.82. The summed E-state index contributed by atoms with van der Waals surface area (Å²) in [6, 6.07) is 6.89. The van der Waals surface area contributed by atoms with Crippen molar-refractivity contribution in [3.63, 3.8) is 0 Å². The summed E-state index contributed by atoms with van der Waals surface area (Å²) in [5.41, 5.74) is 1.21. The molecule has 0 spiro atoms. The molecule has 0 aromatic heterocycles. The van der Waals surface area contributed by atoms with Crippen molar-refractivity contribution in [3.05, 3.63) is 35.4 Å². The molecular weight excluding hydrogens is 304 g/mol. The minimum absolute atomic E-state index is 0.00525. The summed E-state index contributed by atoms with van der Waals surface area (Å²) in [6.45, 7) is 10.9. The highest BCUT2D eigenvalue weighted by atomic mass is 16.2. The summed E-state index contributed by atoms with van der Waals surface area (Å²) in [5.74, 6) is -0.0855. The molecule has 1 heterocycles. The van der Waals surface area contributed by atoms with Crippen LogP contribution in [0.25, 0.3) is 0 Å². The molecule has 0 radical (unpaired) electrons. The van der Waals surface area contributed by atoms with Crippen molar-refractivity contribution in [1.82, 2.24) is 20.4 Å². The maximum atomic E-state index is 12.2. The van der Waals surface area contributed by atoms with E-state index in [1.54, 1.807) is 29.2 Å². The lowest BCUT2D eigenvalue weighted by atomic mass is 10.1. The van der Waals surface area contributed by atoms with E-state index in [9.17, 15) is 9.59 Å². The molecule has 1 aromatic rings. The van der Waals surface area contributed by atoms with E-state index in [0.717, 1.165) is 32.7 Å². The predicted molar refractivity (Wildman–Crippen MR) is 95.3 cm³/mol. The normalized spacial score (nSPS) is 15.1. The molecule has 1 aromatic carbocycles. The first-order valence-electron chi connectivity index (χ1n) is 8.76. The number of carbonyl (C=O) groups is 2. The number of hydrogen-bond acceptors (Lipinski definition) is 4. The van der Waals surface area contributed by atoms with Gasteiger partial charge in [-0.25, -0.2) is 0 Å². The minimum atomic E-state index is -0.0908. The maximum Gasteiger partial charge on any atom is 0.253 e. The van der Waals surface area contributed by atoms with Crippen LogP contribution < -0.4 is 10.6 Å². The Balaban J connectivity index is 1.83. The van der Waals surface area contributed by atoms with Crippen molar-refractivity contribution in [1.29, 1.82) is 0 Å². The molecule has 6 heteroatoms. The number of benzene rings is 1. The highest BCUT2D eigenvalue weighted by Crippen LogP contribution is 2.08. The molecule has 0 bridgehead atoms. The number of amides is 2. The molecule has 0 atom stereocenters. The zero-order valence-electron chi connectivity index (χ0n) is 14.7. The number of carbonyl (C=O) groups excluding carboxylic acids is 2. The van der Waals surface area contributed by atoms with E-state index < -0.39 is 0 Å². The highest BCUT2D eigenvalue weighted by molar-refractivity contribution is 5.97. The van der Waals surface area contributed by atoms with Crippen LogP contribution in [0.1, 0.15) is 34.6 Å². The number of nitrogens with one attached hydrogen (secondary N) is 2. The lowest BCUT2D eigenvalue weighted by Gasteiger charge is -2.27. The molecule has 0 saturated carbocycles. The van der Waals surface area contributed by atoms with E-state index in [0.29, 0.717) is 30.8 Å². The van der Waals surface area contributed by atoms with E-state index in [1.165, 1.54) is 0 Å². The van der Waals surface area contributed by atoms with Gasteiger partial charge in [-0.3, -0.25) is 14.5 Å². The van der Waals surface area contributed by atoms with Crippen molar-refractivity contribution >= 4 is 11.8 Å². The summed E-state index contributed by atoms with van der Waals surface area (Å²) in [5, 5.41) is 6.25. The van der Waals surface area contributed by atoms with Crippen LogP contribution in [0.15, 0.2) is 24.3 Å². The molecular formula is C18H28N4O2. The van der Waals surface area contributed by atoms with Gasteiger partial charge in [-0.05, 0) is 38.1 Å². The molecule has 0 aliphatic carbocycles. The molecule has 24 heavy (non-hydrogen) atoms. The van der Waals surface area contributed by atoms with E-state index in [4.69, 9.17) is 0 Å². The summed E-state index contributed by atoms with van der Waals surface area (Å²) >= 11 is 0. The number of rotatable bonds is 7. The lowest BCUT2D eigenvalue weighted by molar-refractivity contribution is 0.0772. The number of piperazine rings is 1. The van der Waals surface area contributed by atoms with Crippen LogP contribution in [0.4, 0.5) is 0 Å². The van der Waals surface area contributed by atoms with Crippen LogP contribution in [0.3, 0.4) is 0 Å². The molecule has 1 fully saturated rings. The van der Waals surface area contributed by atoms with Gasteiger partial charge in [0.15, 0.2) is 0 Å². The average Bonchev–Trinajstić information content (AvgIpc) is 2.63. The first-order valence-corrected chi connectivity index (χ1v) is 8.76. The zero-order chi connectivity index (χ0) is 17.4. The van der Waals surface area contributed by atoms with Gasteiger partial charge in [-0.15, -0.1) is 0 Å². The van der Waals surface area contributed by atoms with Gasteiger partial charge in [-0.2, -0.15) is 0 Å². The Morgan fingerprint density at radius 1 is 1.08 bits per heavy atom. The fourth-order valence-corrected chi connectivity index (χ4v) is 2.82. The molecule has 2 amide bonds. The van der Waals surface area contributed by atoms with Gasteiger partial charge in [0.2, 0.25) is 0 Å². The van der Waals surface area contributed by atoms with Crippen LogP contribution in [0, 0.1) is 0 Å². The second kappa shape index (κ2) is 9.39. The number of hydrogen-bond donors (Lipinski definition) is 2. The van der Waals surface area contributed by atoms with Gasteiger partial charge < -0.3 is 15.5 Å². The maximum absolute atomic E-state index is 12.2. The largest absolute Gasteiger partial charge is 0.351 e. The number of nitrogens with zero attached hydrogens (tertiary/aromatic N) is 2. The fraction of sp³-hybridized carbons (Fsp3) is 0.556. The molecule has 1 saturated heterocycles. The van der Waals surface area contributed by atoms with Gasteiger partial charge in [0.25, 0.3) is 11.8 Å². The zero-order valence-corrected chi connectivity index (χ0v) is 14.7. The SMILES string of the molecule is CCN(CC)C(=O)c1ccc(C(=O)NCCN2CCNCC2)cc1. The van der Waals surface area contributed by atoms with Crippen LogP contribution in [-0.4, -0.2) is 74.0 Å². The van der Waals surface area contributed by atoms with E-state index in [2.05, 4.69) is 15.5 Å². The van der Waals surface area contributed by atoms with Crippen LogP contribution in [0.5, 0.6) is 0 Å². The second-order valence-electron chi connectivity index (χ2n) is 5.90. The van der Waals surface area contributed by atoms with Crippen LogP contribution in [-0.2, 0) is 0 Å². The molecule has 2 N–H and O–H groups in total. The topological polar surface area (TPSA) is 64.7 Å². The van der Waals surface area contributed by atoms with E-state index >= 15 is 0 Å². The average molecular weight is 332 g/mol. The Morgan fingerprint density at radius 2 is 1.67 bits per heavy atom. The van der Waals surface area contributed by atoms with Gasteiger partial charge in [0.05, 0.1) is 0 Å². The highest BCUT2D eigenvalue weighted by Gasteiger charge is 2.14. The summed E-state index contributed by atoms with van der Waals surface area (Å²) < 4.78 is 0. The Kier molecular flexibility index (Phi) is 7.21. The van der Waals surface area contributed by atoms with Crippen molar-refractivity contribution in [3.8, 4) is 0 Å². The van der Waals surface area contributed by atoms with Crippen molar-refractivity contribution in [2.45, 2.75) is 13.8 Å². The molecule has 6 nitrogen and oxygen atoms in total. The first kappa shape index (κ1) is 18.4. The minimum Gasteiger partial charge on any atom is -0.351 e. The Hall–Kier alpha value is -1.92. The molecule has 0 unspecified atom stereocenters. The summed E-state index contributed by atoms with van der Waals surface area (Å²) in [4.78, 5) is 28.5. The third-order valence-corrected chi connectivity index (χ3v) is 4.37. The van der Waals surface area contributed by atoms with Gasteiger partial charge in [0, 0.05) is 63.5 Å². The van der Waals surface area contributed by atoms with Crippen molar-refractivity contribution < 1.29 is 9.59 Å². The van der Waals surface area contributed by atoms with Crippen molar-refractivity contribution in [2.75, 3.05) is 52.4 Å².